The molecule has 0 amide bonds. The highest BCUT2D eigenvalue weighted by molar-refractivity contribution is 6.19. The molecule has 3 heteroatoms. The van der Waals surface area contributed by atoms with Gasteiger partial charge in [0.25, 0.3) is 0 Å². The predicted octanol–water partition coefficient (Wildman–Crippen LogP) is 3.28. The number of carbonyl (C=O) groups is 1. The van der Waals surface area contributed by atoms with Crippen molar-refractivity contribution in [3.8, 4) is 0 Å². The number of rotatable bonds is 3. The lowest BCUT2D eigenvalue weighted by Crippen LogP contribution is -1.96. The molecule has 0 radical (unpaired) electrons. The fourth-order valence-corrected chi connectivity index (χ4v) is 1.25. The Morgan fingerprint density at radius 2 is 2.29 bits per heavy atom. The molecule has 74 valence electrons. The Labute approximate surface area is 87.2 Å². The summed E-state index contributed by atoms with van der Waals surface area (Å²) >= 11 is 5.46. The fourth-order valence-electron chi connectivity index (χ4n) is 1.16. The van der Waals surface area contributed by atoms with Gasteiger partial charge in [0.2, 0.25) is 0 Å². The van der Waals surface area contributed by atoms with Gasteiger partial charge in [-0.05, 0) is 30.7 Å². The third kappa shape index (κ3) is 2.67. The second kappa shape index (κ2) is 4.91. The van der Waals surface area contributed by atoms with Crippen LogP contribution in [0.4, 0.5) is 4.39 Å². The maximum absolute atomic E-state index is 12.9. The van der Waals surface area contributed by atoms with E-state index in [4.69, 9.17) is 11.6 Å². The molecule has 0 heterocycles. The first-order valence-corrected chi connectivity index (χ1v) is 4.71. The van der Waals surface area contributed by atoms with Crippen molar-refractivity contribution in [3.63, 3.8) is 0 Å². The molecule has 0 saturated heterocycles. The Morgan fingerprint density at radius 1 is 1.57 bits per heavy atom. The molecule has 0 fully saturated rings. The molecular weight excluding hydrogens is 203 g/mol. The largest absolute Gasteiger partial charge is 0.294 e. The molecular formula is C11H10ClFO. The van der Waals surface area contributed by atoms with E-state index in [1.54, 1.807) is 12.2 Å². The Kier molecular flexibility index (Phi) is 3.84. The lowest BCUT2D eigenvalue weighted by atomic mass is 10.0. The van der Waals surface area contributed by atoms with E-state index in [1.807, 2.05) is 0 Å². The van der Waals surface area contributed by atoms with Crippen LogP contribution in [0.25, 0.3) is 6.08 Å². The minimum Gasteiger partial charge on any atom is -0.294 e. The Morgan fingerprint density at radius 3 is 2.86 bits per heavy atom. The molecule has 1 nitrogen and oxygen atoms in total. The molecule has 1 aromatic carbocycles. The fraction of sp³-hybridized carbons (Fsp3) is 0.182. The summed E-state index contributed by atoms with van der Waals surface area (Å²) in [6.45, 7) is 1.45. The van der Waals surface area contributed by atoms with Crippen LogP contribution in [0.2, 0.25) is 0 Å². The molecule has 0 aliphatic carbocycles. The van der Waals surface area contributed by atoms with Gasteiger partial charge in [-0.1, -0.05) is 12.2 Å². The minimum atomic E-state index is -0.357. The van der Waals surface area contributed by atoms with Crippen molar-refractivity contribution in [2.24, 2.45) is 0 Å². The van der Waals surface area contributed by atoms with Crippen molar-refractivity contribution >= 4 is 23.5 Å². The summed E-state index contributed by atoms with van der Waals surface area (Å²) in [5, 5.41) is 0. The summed E-state index contributed by atoms with van der Waals surface area (Å²) in [6, 6.07) is 4.07. The quantitative estimate of drug-likeness (QED) is 0.555. The van der Waals surface area contributed by atoms with Gasteiger partial charge in [0.05, 0.1) is 0 Å². The molecule has 0 aromatic heterocycles. The zero-order valence-corrected chi connectivity index (χ0v) is 8.51. The summed E-state index contributed by atoms with van der Waals surface area (Å²) in [5.41, 5.74) is 1.07. The number of allylic oxidation sites excluding steroid dienone is 1. The van der Waals surface area contributed by atoms with Crippen LogP contribution in [0.5, 0.6) is 0 Å². The lowest BCUT2D eigenvalue weighted by Gasteiger charge is -2.01. The van der Waals surface area contributed by atoms with E-state index >= 15 is 0 Å². The molecule has 1 rings (SSSR count). The summed E-state index contributed by atoms with van der Waals surface area (Å²) in [5.74, 6) is -0.100. The van der Waals surface area contributed by atoms with Gasteiger partial charge in [-0.3, -0.25) is 4.79 Å². The van der Waals surface area contributed by atoms with Crippen molar-refractivity contribution in [1.82, 2.24) is 0 Å². The maximum atomic E-state index is 12.9. The molecule has 1 aromatic rings. The Bertz CT molecular complexity index is 372. The third-order valence-corrected chi connectivity index (χ3v) is 1.96. The van der Waals surface area contributed by atoms with Crippen molar-refractivity contribution in [3.05, 3.63) is 41.2 Å². The van der Waals surface area contributed by atoms with Crippen LogP contribution in [0.3, 0.4) is 0 Å². The van der Waals surface area contributed by atoms with Gasteiger partial charge in [-0.2, -0.15) is 0 Å². The highest BCUT2D eigenvalue weighted by atomic mass is 35.5. The van der Waals surface area contributed by atoms with Crippen LogP contribution in [0.15, 0.2) is 24.3 Å². The highest BCUT2D eigenvalue weighted by Gasteiger charge is 2.05. The first-order valence-electron chi connectivity index (χ1n) is 4.18. The normalized spacial score (nSPS) is 10.8. The van der Waals surface area contributed by atoms with Gasteiger partial charge >= 0.3 is 0 Å². The number of carbonyl (C=O) groups excluding carboxylic acids is 1. The average molecular weight is 213 g/mol. The molecule has 0 spiro atoms. The number of hydrogen-bond acceptors (Lipinski definition) is 1. The van der Waals surface area contributed by atoms with E-state index < -0.39 is 0 Å². The van der Waals surface area contributed by atoms with E-state index in [2.05, 4.69) is 0 Å². The van der Waals surface area contributed by atoms with Crippen LogP contribution in [-0.4, -0.2) is 11.7 Å². The molecule has 0 aliphatic rings. The summed E-state index contributed by atoms with van der Waals surface area (Å²) in [6.07, 6.45) is 3.32. The lowest BCUT2D eigenvalue weighted by molar-refractivity contribution is 0.101. The zero-order valence-electron chi connectivity index (χ0n) is 7.76. The molecule has 0 atom stereocenters. The number of ketones is 1. The molecule has 0 saturated carbocycles. The third-order valence-electron chi connectivity index (χ3n) is 1.78. The Hall–Kier alpha value is -1.15. The first kappa shape index (κ1) is 10.9. The van der Waals surface area contributed by atoms with E-state index in [9.17, 15) is 9.18 Å². The number of alkyl halides is 1. The van der Waals surface area contributed by atoms with Gasteiger partial charge in [-0.25, -0.2) is 4.39 Å². The topological polar surface area (TPSA) is 17.1 Å². The van der Waals surface area contributed by atoms with Crippen molar-refractivity contribution in [2.45, 2.75) is 6.92 Å². The summed E-state index contributed by atoms with van der Waals surface area (Å²) in [7, 11) is 0. The average Bonchev–Trinajstić information content (AvgIpc) is 2.14. The van der Waals surface area contributed by atoms with E-state index in [0.29, 0.717) is 17.0 Å². The number of hydrogen-bond donors (Lipinski definition) is 0. The smallest absolute Gasteiger partial charge is 0.160 e. The standard InChI is InChI=1S/C11H10ClFO/c1-8(14)11-5-4-10(13)7-9(11)3-2-6-12/h2-5,7H,6H2,1H3. The van der Waals surface area contributed by atoms with Gasteiger partial charge in [0, 0.05) is 11.4 Å². The van der Waals surface area contributed by atoms with Gasteiger partial charge in [-0.15, -0.1) is 11.6 Å². The van der Waals surface area contributed by atoms with E-state index in [-0.39, 0.29) is 11.6 Å². The zero-order chi connectivity index (χ0) is 10.6. The van der Waals surface area contributed by atoms with Gasteiger partial charge in [0.15, 0.2) is 5.78 Å². The highest BCUT2D eigenvalue weighted by Crippen LogP contribution is 2.14. The van der Waals surface area contributed by atoms with Crippen LogP contribution >= 0.6 is 11.6 Å². The van der Waals surface area contributed by atoms with Crippen LogP contribution in [0.1, 0.15) is 22.8 Å². The Balaban J connectivity index is 3.15. The predicted molar refractivity (Wildman–Crippen MR) is 56.2 cm³/mol. The molecule has 14 heavy (non-hydrogen) atoms. The number of benzene rings is 1. The van der Waals surface area contributed by atoms with Gasteiger partial charge < -0.3 is 0 Å². The van der Waals surface area contributed by atoms with Crippen LogP contribution in [0, 0.1) is 5.82 Å². The SMILES string of the molecule is CC(=O)c1ccc(F)cc1C=CCCl. The second-order valence-corrected chi connectivity index (χ2v) is 3.15. The minimum absolute atomic E-state index is 0.0841. The monoisotopic (exact) mass is 212 g/mol. The van der Waals surface area contributed by atoms with E-state index in [1.165, 1.54) is 25.1 Å². The molecule has 0 bridgehead atoms. The second-order valence-electron chi connectivity index (χ2n) is 2.84. The summed E-state index contributed by atoms with van der Waals surface area (Å²) < 4.78 is 12.9. The van der Waals surface area contributed by atoms with Crippen molar-refractivity contribution in [2.75, 3.05) is 5.88 Å². The molecule has 0 aliphatic heterocycles. The molecule has 0 unspecified atom stereocenters. The van der Waals surface area contributed by atoms with Gasteiger partial charge in [0.1, 0.15) is 5.82 Å². The first-order chi connectivity index (χ1) is 6.65. The maximum Gasteiger partial charge on any atom is 0.160 e. The number of Topliss-reactive ketones (excluding diaryl/α,β-unsaturated/α-hetero) is 1. The summed E-state index contributed by atoms with van der Waals surface area (Å²) in [4.78, 5) is 11.2. The number of halogens is 2. The van der Waals surface area contributed by atoms with Crippen molar-refractivity contribution in [1.29, 1.82) is 0 Å². The van der Waals surface area contributed by atoms with Crippen LogP contribution < -0.4 is 0 Å². The molecule has 0 N–H and O–H groups in total. The van der Waals surface area contributed by atoms with Crippen molar-refractivity contribution < 1.29 is 9.18 Å². The van der Waals surface area contributed by atoms with E-state index in [0.717, 1.165) is 0 Å². The van der Waals surface area contributed by atoms with Crippen LogP contribution in [-0.2, 0) is 0 Å².